The van der Waals surface area contributed by atoms with Gasteiger partial charge in [0.1, 0.15) is 0 Å². The molecule has 0 saturated heterocycles. The van der Waals surface area contributed by atoms with Crippen LogP contribution in [0.4, 0.5) is 0 Å². The third kappa shape index (κ3) is 5.05. The molecule has 0 atom stereocenters. The number of hydrogen-bond donors (Lipinski definition) is 0. The fourth-order valence-corrected chi connectivity index (χ4v) is 9.88. The van der Waals surface area contributed by atoms with E-state index in [-0.39, 0.29) is 0 Å². The molecule has 2 heterocycles. The molecule has 0 radical (unpaired) electrons. The summed E-state index contributed by atoms with van der Waals surface area (Å²) in [7, 11) is 0. The normalized spacial score (nSPS) is 12.9. The van der Waals surface area contributed by atoms with Gasteiger partial charge in [-0.2, -0.15) is 0 Å². The first-order chi connectivity index (χ1) is 29.3. The molecular weight excluding hydrogens is 715 g/mol. The number of pyridine rings is 1. The van der Waals surface area contributed by atoms with Gasteiger partial charge < -0.3 is 0 Å². The van der Waals surface area contributed by atoms with Crippen LogP contribution in [-0.2, 0) is 5.41 Å². The van der Waals surface area contributed by atoms with E-state index < -0.39 is 5.41 Å². The summed E-state index contributed by atoms with van der Waals surface area (Å²) in [6.45, 7) is 0. The van der Waals surface area contributed by atoms with Crippen molar-refractivity contribution < 1.29 is 0 Å². The summed E-state index contributed by atoms with van der Waals surface area (Å²) in [6.07, 6.45) is 3.65. The lowest BCUT2D eigenvalue weighted by molar-refractivity contribution is 0.775. The predicted octanol–water partition coefficient (Wildman–Crippen LogP) is 13.7. The van der Waals surface area contributed by atoms with Gasteiger partial charge in [-0.25, -0.2) is 9.97 Å². The highest BCUT2D eigenvalue weighted by atomic mass is 14.9. The van der Waals surface area contributed by atoms with Crippen molar-refractivity contribution in [3.05, 3.63) is 235 Å². The molecule has 0 saturated carbocycles. The highest BCUT2D eigenvalue weighted by molar-refractivity contribution is 5.99. The maximum absolute atomic E-state index is 5.35. The van der Waals surface area contributed by atoms with E-state index in [9.17, 15) is 0 Å². The third-order valence-corrected chi connectivity index (χ3v) is 12.5. The highest BCUT2D eigenvalue weighted by Crippen LogP contribution is 2.61. The van der Waals surface area contributed by atoms with Gasteiger partial charge in [0.25, 0.3) is 0 Å². The monoisotopic (exact) mass is 749 g/mol. The molecular formula is C56H35N3. The standard InChI is InChI=1S/C56H35N3/c1-2-14-41-36(12-1)13-11-20-42(41)37-24-26-38(27-25-37)53-35-54(39-30-32-57-33-31-39)59-55(58-53)40-28-29-52-48(34-40)44-16-4-3-15-43(44)45-17-5-8-21-49(45)56(52)50-22-9-6-18-46(50)47-19-7-10-23-51(47)56/h1-35H. The molecule has 59 heavy (non-hydrogen) atoms. The van der Waals surface area contributed by atoms with Gasteiger partial charge in [-0.3, -0.25) is 4.98 Å². The largest absolute Gasteiger partial charge is 0.265 e. The van der Waals surface area contributed by atoms with Gasteiger partial charge in [0.15, 0.2) is 5.82 Å². The van der Waals surface area contributed by atoms with E-state index in [0.29, 0.717) is 5.82 Å². The second-order valence-electron chi connectivity index (χ2n) is 15.5. The minimum Gasteiger partial charge on any atom is -0.265 e. The van der Waals surface area contributed by atoms with Crippen LogP contribution in [0.2, 0.25) is 0 Å². The third-order valence-electron chi connectivity index (χ3n) is 12.5. The summed E-state index contributed by atoms with van der Waals surface area (Å²) in [5, 5.41) is 2.47. The lowest BCUT2D eigenvalue weighted by atomic mass is 9.66. The molecule has 0 fully saturated rings. The molecule has 2 aromatic heterocycles. The van der Waals surface area contributed by atoms with Gasteiger partial charge in [0, 0.05) is 29.1 Å². The zero-order valence-electron chi connectivity index (χ0n) is 32.0. The number of aromatic nitrogens is 3. The zero-order chi connectivity index (χ0) is 38.9. The average molecular weight is 750 g/mol. The Bertz CT molecular complexity index is 3220. The minimum atomic E-state index is -0.534. The van der Waals surface area contributed by atoms with E-state index in [0.717, 1.165) is 28.1 Å². The fourth-order valence-electron chi connectivity index (χ4n) is 9.88. The van der Waals surface area contributed by atoms with Crippen LogP contribution in [0.3, 0.4) is 0 Å². The Morgan fingerprint density at radius 2 is 0.763 bits per heavy atom. The molecule has 0 N–H and O–H groups in total. The Hall–Kier alpha value is -7.75. The van der Waals surface area contributed by atoms with Crippen LogP contribution >= 0.6 is 0 Å². The number of hydrogen-bond acceptors (Lipinski definition) is 3. The van der Waals surface area contributed by atoms with E-state index in [4.69, 9.17) is 9.97 Å². The Balaban J connectivity index is 1.08. The molecule has 0 aliphatic heterocycles. The van der Waals surface area contributed by atoms with Crippen molar-refractivity contribution in [3.63, 3.8) is 0 Å². The molecule has 0 amide bonds. The summed E-state index contributed by atoms with van der Waals surface area (Å²) in [5.41, 5.74) is 19.1. The second-order valence-corrected chi connectivity index (χ2v) is 15.5. The van der Waals surface area contributed by atoms with E-state index in [1.165, 1.54) is 77.5 Å². The van der Waals surface area contributed by atoms with Crippen molar-refractivity contribution in [1.82, 2.24) is 15.0 Å². The second kappa shape index (κ2) is 13.2. The van der Waals surface area contributed by atoms with Crippen LogP contribution in [0.5, 0.6) is 0 Å². The van der Waals surface area contributed by atoms with Crippen molar-refractivity contribution in [2.24, 2.45) is 0 Å². The molecule has 0 bridgehead atoms. The van der Waals surface area contributed by atoms with E-state index in [2.05, 4.69) is 193 Å². The molecule has 2 aliphatic rings. The number of rotatable bonds is 4. The van der Waals surface area contributed by atoms with Gasteiger partial charge in [0.05, 0.1) is 16.8 Å². The summed E-state index contributed by atoms with van der Waals surface area (Å²) in [6, 6.07) is 72.7. The van der Waals surface area contributed by atoms with Crippen molar-refractivity contribution >= 4 is 10.8 Å². The summed E-state index contributed by atoms with van der Waals surface area (Å²) in [4.78, 5) is 15.0. The van der Waals surface area contributed by atoms with Crippen molar-refractivity contribution in [2.45, 2.75) is 5.41 Å². The molecule has 1 spiro atoms. The van der Waals surface area contributed by atoms with E-state index >= 15 is 0 Å². The number of benzene rings is 8. The van der Waals surface area contributed by atoms with Gasteiger partial charge >= 0.3 is 0 Å². The first kappa shape index (κ1) is 33.4. The smallest absolute Gasteiger partial charge is 0.160 e. The Morgan fingerprint density at radius 1 is 0.305 bits per heavy atom. The molecule has 10 aromatic rings. The SMILES string of the molecule is c1ccc2c(c1)-c1ccccc1C1(c3ccc(-c4nc(-c5ccncc5)cc(-c5ccc(-c6cccc7ccccc67)cc5)n4)cc3-2)c2ccccc2-c2ccccc21. The minimum absolute atomic E-state index is 0.534. The van der Waals surface area contributed by atoms with Crippen LogP contribution in [0.15, 0.2) is 213 Å². The summed E-state index contributed by atoms with van der Waals surface area (Å²) in [5.74, 6) is 0.677. The lowest BCUT2D eigenvalue weighted by Gasteiger charge is -2.35. The molecule has 3 nitrogen and oxygen atoms in total. The lowest BCUT2D eigenvalue weighted by Crippen LogP contribution is -2.29. The van der Waals surface area contributed by atoms with Crippen LogP contribution in [0.25, 0.3) is 89.2 Å². The predicted molar refractivity (Wildman–Crippen MR) is 241 cm³/mol. The van der Waals surface area contributed by atoms with Gasteiger partial charge in [-0.1, -0.05) is 176 Å². The zero-order valence-corrected chi connectivity index (χ0v) is 32.0. The van der Waals surface area contributed by atoms with Crippen LogP contribution in [0.1, 0.15) is 22.3 Å². The van der Waals surface area contributed by atoms with Crippen molar-refractivity contribution in [2.75, 3.05) is 0 Å². The van der Waals surface area contributed by atoms with Gasteiger partial charge in [0.2, 0.25) is 0 Å². The first-order valence-corrected chi connectivity index (χ1v) is 20.2. The van der Waals surface area contributed by atoms with Gasteiger partial charge in [-0.15, -0.1) is 0 Å². The average Bonchev–Trinajstić information content (AvgIpc) is 3.56. The fraction of sp³-hybridized carbons (Fsp3) is 0.0179. The van der Waals surface area contributed by atoms with E-state index in [1.54, 1.807) is 0 Å². The Morgan fingerprint density at radius 3 is 1.42 bits per heavy atom. The maximum Gasteiger partial charge on any atom is 0.160 e. The van der Waals surface area contributed by atoms with Crippen LogP contribution < -0.4 is 0 Å². The molecule has 0 unspecified atom stereocenters. The maximum atomic E-state index is 5.35. The molecule has 274 valence electrons. The molecule has 12 rings (SSSR count). The van der Waals surface area contributed by atoms with Crippen LogP contribution in [-0.4, -0.2) is 15.0 Å². The number of nitrogens with zero attached hydrogens (tertiary/aromatic N) is 3. The van der Waals surface area contributed by atoms with E-state index in [1.807, 2.05) is 24.5 Å². The number of fused-ring (bicyclic) bond motifs is 13. The first-order valence-electron chi connectivity index (χ1n) is 20.2. The Kier molecular flexibility index (Phi) is 7.45. The Labute approximate surface area is 343 Å². The summed E-state index contributed by atoms with van der Waals surface area (Å²) >= 11 is 0. The summed E-state index contributed by atoms with van der Waals surface area (Å²) < 4.78 is 0. The van der Waals surface area contributed by atoms with Crippen LogP contribution in [0, 0.1) is 0 Å². The topological polar surface area (TPSA) is 38.7 Å². The van der Waals surface area contributed by atoms with Crippen molar-refractivity contribution in [3.8, 4) is 78.4 Å². The highest BCUT2D eigenvalue weighted by Gasteiger charge is 2.49. The molecule has 8 aromatic carbocycles. The van der Waals surface area contributed by atoms with Crippen molar-refractivity contribution in [1.29, 1.82) is 0 Å². The molecule has 2 aliphatic carbocycles. The molecule has 3 heteroatoms. The quantitative estimate of drug-likeness (QED) is 0.180. The van der Waals surface area contributed by atoms with Gasteiger partial charge in [-0.05, 0) is 102 Å².